The van der Waals surface area contributed by atoms with Gasteiger partial charge >= 0.3 is 0 Å². The van der Waals surface area contributed by atoms with Crippen LogP contribution in [0.3, 0.4) is 0 Å². The summed E-state index contributed by atoms with van der Waals surface area (Å²) in [6, 6.07) is 0. The van der Waals surface area contributed by atoms with E-state index in [9.17, 15) is 8.42 Å². The highest BCUT2D eigenvalue weighted by molar-refractivity contribution is 8.13. The molecule has 6 heteroatoms. The van der Waals surface area contributed by atoms with Crippen LogP contribution in [-0.4, -0.2) is 39.1 Å². The first-order chi connectivity index (χ1) is 9.19. The van der Waals surface area contributed by atoms with E-state index in [0.717, 1.165) is 25.7 Å². The van der Waals surface area contributed by atoms with Gasteiger partial charge in [0.1, 0.15) is 0 Å². The van der Waals surface area contributed by atoms with Crippen molar-refractivity contribution in [2.75, 3.05) is 12.4 Å². The van der Waals surface area contributed by atoms with Gasteiger partial charge in [0.2, 0.25) is 9.05 Å². The quantitative estimate of drug-likeness (QED) is 0.673. The molecule has 1 aliphatic heterocycles. The highest BCUT2D eigenvalue weighted by Crippen LogP contribution is 2.32. The van der Waals surface area contributed by atoms with Crippen molar-refractivity contribution in [2.45, 2.75) is 71.7 Å². The summed E-state index contributed by atoms with van der Waals surface area (Å²) in [5.41, 5.74) is -0.384. The number of halogens is 1. The Bertz CT molecular complexity index is 382. The normalized spacial score (nSPS) is 28.6. The first-order valence-corrected chi connectivity index (χ1v) is 9.87. The molecule has 4 nitrogen and oxygen atoms in total. The van der Waals surface area contributed by atoms with Crippen molar-refractivity contribution in [1.82, 2.24) is 0 Å². The fourth-order valence-corrected chi connectivity index (χ4v) is 4.76. The second-order valence-electron chi connectivity index (χ2n) is 6.05. The van der Waals surface area contributed by atoms with E-state index in [4.69, 9.17) is 20.2 Å². The molecule has 0 aromatic rings. The van der Waals surface area contributed by atoms with Crippen LogP contribution in [0.25, 0.3) is 0 Å². The van der Waals surface area contributed by atoms with E-state index in [2.05, 4.69) is 0 Å². The minimum absolute atomic E-state index is 0.0249. The van der Waals surface area contributed by atoms with Gasteiger partial charge in [0.15, 0.2) is 0 Å². The summed E-state index contributed by atoms with van der Waals surface area (Å²) in [6.45, 7) is 8.51. The molecule has 0 aromatic heterocycles. The van der Waals surface area contributed by atoms with E-state index >= 15 is 0 Å². The lowest BCUT2D eigenvalue weighted by Crippen LogP contribution is -2.38. The van der Waals surface area contributed by atoms with Crippen LogP contribution in [0, 0.1) is 5.41 Å². The third-order valence-corrected chi connectivity index (χ3v) is 5.54. The molecule has 0 radical (unpaired) electrons. The van der Waals surface area contributed by atoms with Gasteiger partial charge in [-0.05, 0) is 39.5 Å². The van der Waals surface area contributed by atoms with E-state index in [1.54, 1.807) is 0 Å². The summed E-state index contributed by atoms with van der Waals surface area (Å²) in [6.07, 6.45) is 3.73. The Hall–Kier alpha value is 0.160. The lowest BCUT2D eigenvalue weighted by Gasteiger charge is -2.36. The molecule has 2 unspecified atom stereocenters. The van der Waals surface area contributed by atoms with Crippen LogP contribution < -0.4 is 0 Å². The maximum absolute atomic E-state index is 11.4. The van der Waals surface area contributed by atoms with E-state index in [1.165, 1.54) is 0 Å². The fraction of sp³-hybridized carbons (Fsp3) is 1.00. The van der Waals surface area contributed by atoms with Crippen LogP contribution in [0.2, 0.25) is 0 Å². The van der Waals surface area contributed by atoms with Crippen molar-refractivity contribution in [3.63, 3.8) is 0 Å². The molecule has 2 atom stereocenters. The van der Waals surface area contributed by atoms with Crippen molar-refractivity contribution in [1.29, 1.82) is 0 Å². The lowest BCUT2D eigenvalue weighted by molar-refractivity contribution is -0.114. The summed E-state index contributed by atoms with van der Waals surface area (Å²) in [5, 5.41) is 0. The van der Waals surface area contributed by atoms with Gasteiger partial charge in [-0.25, -0.2) is 8.42 Å². The van der Waals surface area contributed by atoms with Gasteiger partial charge in [-0.15, -0.1) is 0 Å². The molecule has 1 aliphatic rings. The minimum Gasteiger partial charge on any atom is -0.377 e. The Kier molecular flexibility index (Phi) is 6.77. The fourth-order valence-electron chi connectivity index (χ4n) is 2.84. The van der Waals surface area contributed by atoms with E-state index < -0.39 is 9.05 Å². The number of ether oxygens (including phenoxy) is 2. The summed E-state index contributed by atoms with van der Waals surface area (Å²) in [5.74, 6) is -0.0249. The predicted octanol–water partition coefficient (Wildman–Crippen LogP) is 3.33. The molecule has 1 fully saturated rings. The molecule has 0 bridgehead atoms. The Morgan fingerprint density at radius 1 is 1.20 bits per heavy atom. The van der Waals surface area contributed by atoms with Crippen LogP contribution in [0.1, 0.15) is 53.4 Å². The molecule has 0 aliphatic carbocycles. The standard InChI is InChI=1S/C14H27ClO4S/c1-5-14(6-2,10-20(15,16)17)9-18-13-7-11(3)19-12(4)8-13/h11-13H,5-10H2,1-4H3. The zero-order valence-corrected chi connectivity index (χ0v) is 14.5. The van der Waals surface area contributed by atoms with Gasteiger partial charge in [-0.1, -0.05) is 13.8 Å². The van der Waals surface area contributed by atoms with Gasteiger partial charge in [0.25, 0.3) is 0 Å². The monoisotopic (exact) mass is 326 g/mol. The van der Waals surface area contributed by atoms with Crippen molar-refractivity contribution in [3.05, 3.63) is 0 Å². The Morgan fingerprint density at radius 3 is 2.10 bits per heavy atom. The second kappa shape index (κ2) is 7.43. The molecule has 20 heavy (non-hydrogen) atoms. The first-order valence-electron chi connectivity index (χ1n) is 7.39. The molecule has 1 heterocycles. The minimum atomic E-state index is -3.51. The highest BCUT2D eigenvalue weighted by Gasteiger charge is 2.34. The highest BCUT2D eigenvalue weighted by atomic mass is 35.7. The Balaban J connectivity index is 2.62. The van der Waals surface area contributed by atoms with Gasteiger partial charge in [-0.3, -0.25) is 0 Å². The average Bonchev–Trinajstić information content (AvgIpc) is 2.32. The predicted molar refractivity (Wildman–Crippen MR) is 81.6 cm³/mol. The molecule has 1 rings (SSSR count). The average molecular weight is 327 g/mol. The molecule has 120 valence electrons. The summed E-state index contributed by atoms with van der Waals surface area (Å²) in [4.78, 5) is 0. The molecule has 1 saturated heterocycles. The van der Waals surface area contributed by atoms with Gasteiger partial charge in [0, 0.05) is 16.1 Å². The van der Waals surface area contributed by atoms with Crippen LogP contribution in [0.5, 0.6) is 0 Å². The Labute approximate surface area is 127 Å². The maximum atomic E-state index is 11.4. The van der Waals surface area contributed by atoms with Crippen molar-refractivity contribution in [3.8, 4) is 0 Å². The third-order valence-electron chi connectivity index (χ3n) is 4.26. The van der Waals surface area contributed by atoms with Crippen LogP contribution in [0.4, 0.5) is 0 Å². The maximum Gasteiger partial charge on any atom is 0.233 e. The van der Waals surface area contributed by atoms with Crippen LogP contribution in [0.15, 0.2) is 0 Å². The van der Waals surface area contributed by atoms with Gasteiger partial charge < -0.3 is 9.47 Å². The number of hydrogen-bond donors (Lipinski definition) is 0. The lowest BCUT2D eigenvalue weighted by atomic mass is 9.85. The number of rotatable bonds is 7. The summed E-state index contributed by atoms with van der Waals surface area (Å²) in [7, 11) is 1.93. The third kappa shape index (κ3) is 5.88. The summed E-state index contributed by atoms with van der Waals surface area (Å²) < 4.78 is 34.5. The van der Waals surface area contributed by atoms with E-state index in [1.807, 2.05) is 27.7 Å². The zero-order chi connectivity index (χ0) is 15.4. The van der Waals surface area contributed by atoms with E-state index in [0.29, 0.717) is 6.61 Å². The van der Waals surface area contributed by atoms with Crippen LogP contribution >= 0.6 is 10.7 Å². The van der Waals surface area contributed by atoms with Crippen LogP contribution in [-0.2, 0) is 18.5 Å². The molecule has 0 spiro atoms. The smallest absolute Gasteiger partial charge is 0.233 e. The molecular weight excluding hydrogens is 300 g/mol. The van der Waals surface area contributed by atoms with Gasteiger partial charge in [-0.2, -0.15) is 0 Å². The molecular formula is C14H27ClO4S. The second-order valence-corrected chi connectivity index (χ2v) is 8.83. The SMILES string of the molecule is CCC(CC)(COC1CC(C)OC(C)C1)CS(=O)(=O)Cl. The van der Waals surface area contributed by atoms with Crippen molar-refractivity contribution in [2.24, 2.45) is 5.41 Å². The largest absolute Gasteiger partial charge is 0.377 e. The Morgan fingerprint density at radius 2 is 1.70 bits per heavy atom. The molecule has 0 aromatic carbocycles. The molecule has 0 N–H and O–H groups in total. The van der Waals surface area contributed by atoms with Gasteiger partial charge in [0.05, 0.1) is 30.7 Å². The first kappa shape index (κ1) is 18.2. The molecule has 0 saturated carbocycles. The van der Waals surface area contributed by atoms with Crippen molar-refractivity contribution < 1.29 is 17.9 Å². The van der Waals surface area contributed by atoms with Crippen molar-refractivity contribution >= 4 is 19.7 Å². The van der Waals surface area contributed by atoms with E-state index in [-0.39, 0.29) is 29.5 Å². The molecule has 0 amide bonds. The number of hydrogen-bond acceptors (Lipinski definition) is 4. The summed E-state index contributed by atoms with van der Waals surface area (Å²) >= 11 is 0. The zero-order valence-electron chi connectivity index (χ0n) is 12.9. The topological polar surface area (TPSA) is 52.6 Å².